The summed E-state index contributed by atoms with van der Waals surface area (Å²) in [6.07, 6.45) is 3.83. The zero-order valence-electron chi connectivity index (χ0n) is 8.97. The minimum Gasteiger partial charge on any atom is -0.363 e. The summed E-state index contributed by atoms with van der Waals surface area (Å²) < 4.78 is 0. The van der Waals surface area contributed by atoms with Crippen LogP contribution in [-0.4, -0.2) is 21.8 Å². The number of rotatable bonds is 1. The lowest BCUT2D eigenvalue weighted by Crippen LogP contribution is -2.44. The number of benzene rings is 1. The van der Waals surface area contributed by atoms with Gasteiger partial charge in [-0.1, -0.05) is 35.5 Å². The lowest BCUT2D eigenvalue weighted by molar-refractivity contribution is -0.209. The van der Waals surface area contributed by atoms with E-state index in [9.17, 15) is 5.21 Å². The van der Waals surface area contributed by atoms with Crippen molar-refractivity contribution in [3.63, 3.8) is 0 Å². The largest absolute Gasteiger partial charge is 0.363 e. The third-order valence-electron chi connectivity index (χ3n) is 3.31. The smallest absolute Gasteiger partial charge is 0.234 e. The predicted molar refractivity (Wildman–Crippen MR) is 58.9 cm³/mol. The van der Waals surface area contributed by atoms with Crippen LogP contribution in [0.15, 0.2) is 35.5 Å². The standard InChI is InChI=1S/C12H14N2O2/c15-14-11(10-6-2-1-3-7-10)13-16-12(14)8-4-5-9-12/h1-3,6-7,15H,4-5,8-9H2. The summed E-state index contributed by atoms with van der Waals surface area (Å²) in [5, 5.41) is 15.4. The number of amidine groups is 1. The molecule has 0 radical (unpaired) electrons. The van der Waals surface area contributed by atoms with E-state index in [1.807, 2.05) is 30.3 Å². The van der Waals surface area contributed by atoms with Crippen LogP contribution in [0.3, 0.4) is 0 Å². The highest BCUT2D eigenvalue weighted by atomic mass is 16.7. The van der Waals surface area contributed by atoms with Gasteiger partial charge in [-0.2, -0.15) is 5.06 Å². The third-order valence-corrected chi connectivity index (χ3v) is 3.31. The van der Waals surface area contributed by atoms with Crippen molar-refractivity contribution in [2.45, 2.75) is 31.4 Å². The van der Waals surface area contributed by atoms with E-state index in [4.69, 9.17) is 4.84 Å². The summed E-state index contributed by atoms with van der Waals surface area (Å²) in [5.74, 6) is 0.516. The van der Waals surface area contributed by atoms with Crippen LogP contribution in [0.25, 0.3) is 0 Å². The molecular formula is C12H14N2O2. The molecule has 4 nitrogen and oxygen atoms in total. The molecule has 0 atom stereocenters. The summed E-state index contributed by atoms with van der Waals surface area (Å²) in [6, 6.07) is 9.61. The zero-order valence-corrected chi connectivity index (χ0v) is 8.97. The van der Waals surface area contributed by atoms with Crippen LogP contribution >= 0.6 is 0 Å². The molecule has 1 fully saturated rings. The minimum absolute atomic E-state index is 0.516. The molecule has 2 aliphatic rings. The van der Waals surface area contributed by atoms with Crippen LogP contribution in [0.1, 0.15) is 31.2 Å². The van der Waals surface area contributed by atoms with Gasteiger partial charge >= 0.3 is 0 Å². The van der Waals surface area contributed by atoms with E-state index in [-0.39, 0.29) is 0 Å². The van der Waals surface area contributed by atoms with Gasteiger partial charge < -0.3 is 4.84 Å². The third kappa shape index (κ3) is 1.30. The molecule has 1 heterocycles. The summed E-state index contributed by atoms with van der Waals surface area (Å²) in [7, 11) is 0. The van der Waals surface area contributed by atoms with E-state index >= 15 is 0 Å². The van der Waals surface area contributed by atoms with Crippen molar-refractivity contribution in [3.05, 3.63) is 35.9 Å². The molecule has 4 heteroatoms. The van der Waals surface area contributed by atoms with Crippen molar-refractivity contribution in [2.24, 2.45) is 5.16 Å². The monoisotopic (exact) mass is 218 g/mol. The Labute approximate surface area is 94.1 Å². The number of hydrogen-bond donors (Lipinski definition) is 1. The first-order valence-corrected chi connectivity index (χ1v) is 5.63. The van der Waals surface area contributed by atoms with Crippen LogP contribution in [0.5, 0.6) is 0 Å². The average molecular weight is 218 g/mol. The van der Waals surface area contributed by atoms with E-state index in [2.05, 4.69) is 5.16 Å². The molecule has 0 amide bonds. The van der Waals surface area contributed by atoms with Gasteiger partial charge in [0.2, 0.25) is 11.6 Å². The first-order valence-electron chi connectivity index (χ1n) is 5.63. The maximum absolute atomic E-state index is 10.2. The molecule has 1 aliphatic heterocycles. The van der Waals surface area contributed by atoms with Crippen LogP contribution < -0.4 is 0 Å². The van der Waals surface area contributed by atoms with Gasteiger partial charge in [0.1, 0.15) is 0 Å². The Kier molecular flexibility index (Phi) is 2.11. The van der Waals surface area contributed by atoms with Gasteiger partial charge in [-0.25, -0.2) is 0 Å². The highest BCUT2D eigenvalue weighted by Gasteiger charge is 2.48. The van der Waals surface area contributed by atoms with Gasteiger partial charge in [0.15, 0.2) is 0 Å². The molecule has 1 saturated carbocycles. The van der Waals surface area contributed by atoms with Crippen molar-refractivity contribution in [1.82, 2.24) is 5.06 Å². The van der Waals surface area contributed by atoms with Crippen LogP contribution in [0.4, 0.5) is 0 Å². The van der Waals surface area contributed by atoms with Gasteiger partial charge in [0.05, 0.1) is 0 Å². The summed E-state index contributed by atoms with van der Waals surface area (Å²) in [6.45, 7) is 0. The SMILES string of the molecule is ON1C(c2ccccc2)=NOC12CCCC2. The Hall–Kier alpha value is -1.55. The Morgan fingerprint density at radius 1 is 1.19 bits per heavy atom. The molecule has 0 aromatic heterocycles. The molecule has 0 unspecified atom stereocenters. The maximum Gasteiger partial charge on any atom is 0.234 e. The molecule has 3 rings (SSSR count). The minimum atomic E-state index is -0.592. The summed E-state index contributed by atoms with van der Waals surface area (Å²) in [4.78, 5) is 5.44. The van der Waals surface area contributed by atoms with Gasteiger partial charge in [-0.15, -0.1) is 0 Å². The molecule has 1 N–H and O–H groups in total. The van der Waals surface area contributed by atoms with Gasteiger partial charge in [0.25, 0.3) is 0 Å². The second-order valence-corrected chi connectivity index (χ2v) is 4.34. The van der Waals surface area contributed by atoms with Crippen LogP contribution in [0, 0.1) is 0 Å². The molecule has 16 heavy (non-hydrogen) atoms. The van der Waals surface area contributed by atoms with Crippen molar-refractivity contribution in [2.75, 3.05) is 0 Å². The number of oxime groups is 1. The summed E-state index contributed by atoms with van der Waals surface area (Å²) >= 11 is 0. The van der Waals surface area contributed by atoms with Gasteiger partial charge in [-0.05, 0) is 12.8 Å². The lowest BCUT2D eigenvalue weighted by atomic mass is 10.1. The number of hydroxylamine groups is 2. The molecular weight excluding hydrogens is 204 g/mol. The molecule has 1 aliphatic carbocycles. The number of nitrogens with zero attached hydrogens (tertiary/aromatic N) is 2. The topological polar surface area (TPSA) is 45.1 Å². The quantitative estimate of drug-likeness (QED) is 0.786. The van der Waals surface area contributed by atoms with E-state index in [1.165, 1.54) is 5.06 Å². The van der Waals surface area contributed by atoms with Crippen LogP contribution in [0.2, 0.25) is 0 Å². The molecule has 84 valence electrons. The normalized spacial score (nSPS) is 22.3. The Morgan fingerprint density at radius 3 is 2.56 bits per heavy atom. The predicted octanol–water partition coefficient (Wildman–Crippen LogP) is 2.34. The average Bonchev–Trinajstić information content (AvgIpc) is 2.91. The van der Waals surface area contributed by atoms with E-state index in [0.29, 0.717) is 5.84 Å². The number of hydrogen-bond acceptors (Lipinski definition) is 4. The zero-order chi connectivity index (χ0) is 11.0. The molecule has 1 aromatic rings. The van der Waals surface area contributed by atoms with E-state index in [1.54, 1.807) is 0 Å². The Balaban J connectivity index is 1.89. The summed E-state index contributed by atoms with van der Waals surface area (Å²) in [5.41, 5.74) is 0.291. The van der Waals surface area contributed by atoms with Gasteiger partial charge in [-0.3, -0.25) is 5.21 Å². The first kappa shape index (κ1) is 9.66. The lowest BCUT2D eigenvalue weighted by Gasteiger charge is -2.28. The molecule has 0 saturated heterocycles. The fraction of sp³-hybridized carbons (Fsp3) is 0.417. The van der Waals surface area contributed by atoms with Gasteiger partial charge in [0, 0.05) is 18.4 Å². The Bertz CT molecular complexity index is 410. The Morgan fingerprint density at radius 2 is 1.88 bits per heavy atom. The van der Waals surface area contributed by atoms with Crippen LogP contribution in [-0.2, 0) is 4.84 Å². The second-order valence-electron chi connectivity index (χ2n) is 4.34. The van der Waals surface area contributed by atoms with E-state index < -0.39 is 5.72 Å². The van der Waals surface area contributed by atoms with Crippen molar-refractivity contribution in [1.29, 1.82) is 0 Å². The molecule has 0 bridgehead atoms. The first-order chi connectivity index (χ1) is 7.82. The molecule has 1 spiro atoms. The fourth-order valence-corrected chi connectivity index (χ4v) is 2.39. The second kappa shape index (κ2) is 3.49. The van der Waals surface area contributed by atoms with Crippen molar-refractivity contribution < 1.29 is 10.0 Å². The highest BCUT2D eigenvalue weighted by Crippen LogP contribution is 2.39. The maximum atomic E-state index is 10.2. The van der Waals surface area contributed by atoms with Crippen molar-refractivity contribution >= 4 is 5.84 Å². The van der Waals surface area contributed by atoms with E-state index in [0.717, 1.165) is 31.2 Å². The molecule has 1 aromatic carbocycles. The fourth-order valence-electron chi connectivity index (χ4n) is 2.39. The van der Waals surface area contributed by atoms with Crippen molar-refractivity contribution in [3.8, 4) is 0 Å². The highest BCUT2D eigenvalue weighted by molar-refractivity contribution is 5.98.